The summed E-state index contributed by atoms with van der Waals surface area (Å²) in [5.74, 6) is 0. The fraction of sp³-hybridized carbons (Fsp3) is 0.467. The first-order chi connectivity index (χ1) is 9.22. The first-order valence-electron chi connectivity index (χ1n) is 6.73. The largest absolute Gasteiger partial charge is 0.314 e. The minimum atomic E-state index is 0.437. The quantitative estimate of drug-likeness (QED) is 0.813. The van der Waals surface area contributed by atoms with E-state index in [0.29, 0.717) is 6.04 Å². The van der Waals surface area contributed by atoms with Gasteiger partial charge in [0.1, 0.15) is 0 Å². The van der Waals surface area contributed by atoms with Crippen molar-refractivity contribution in [3.05, 3.63) is 45.9 Å². The first kappa shape index (κ1) is 15.0. The summed E-state index contributed by atoms with van der Waals surface area (Å²) in [6.07, 6.45) is 4.13. The van der Waals surface area contributed by atoms with Crippen molar-refractivity contribution < 1.29 is 0 Å². The van der Waals surface area contributed by atoms with Crippen LogP contribution in [0.1, 0.15) is 24.4 Å². The second-order valence-electron chi connectivity index (χ2n) is 4.83. The van der Waals surface area contributed by atoms with Gasteiger partial charge < -0.3 is 5.32 Å². The molecule has 0 saturated carbocycles. The molecule has 0 bridgehead atoms. The third kappa shape index (κ3) is 4.06. The Labute approximate surface area is 129 Å². The van der Waals surface area contributed by atoms with E-state index >= 15 is 0 Å². The number of nitrogens with one attached hydrogen (secondary N) is 1. The summed E-state index contributed by atoms with van der Waals surface area (Å²) in [6.45, 7) is 8.16. The summed E-state index contributed by atoms with van der Waals surface area (Å²) in [7, 11) is 0. The maximum Gasteiger partial charge on any atom is 0.0417 e. The lowest BCUT2D eigenvalue weighted by atomic mass is 9.99. The van der Waals surface area contributed by atoms with Crippen LogP contribution in [-0.2, 0) is 0 Å². The average Bonchev–Trinajstić information content (AvgIpc) is 2.42. The van der Waals surface area contributed by atoms with E-state index in [4.69, 9.17) is 11.6 Å². The van der Waals surface area contributed by atoms with E-state index in [1.807, 2.05) is 18.2 Å². The van der Waals surface area contributed by atoms with Crippen molar-refractivity contribution in [2.45, 2.75) is 18.9 Å². The van der Waals surface area contributed by atoms with Gasteiger partial charge in [0, 0.05) is 41.7 Å². The summed E-state index contributed by atoms with van der Waals surface area (Å²) in [6, 6.07) is 6.54. The summed E-state index contributed by atoms with van der Waals surface area (Å²) in [4.78, 5) is 2.55. The Morgan fingerprint density at radius 2 is 2.16 bits per heavy atom. The van der Waals surface area contributed by atoms with E-state index in [2.05, 4.69) is 38.8 Å². The standard InChI is InChI=1S/C15H20BrClN2/c1-2-3-4-15(19-9-7-18-8-10-19)13-6-5-12(17)11-14(13)16/h2,5-6,11,15,18H,1,3-4,7-10H2/t15-/m0/s1. The molecule has 2 nitrogen and oxygen atoms in total. The summed E-state index contributed by atoms with van der Waals surface area (Å²) < 4.78 is 1.10. The van der Waals surface area contributed by atoms with Crippen molar-refractivity contribution in [2.75, 3.05) is 26.2 Å². The van der Waals surface area contributed by atoms with Crippen LogP contribution in [-0.4, -0.2) is 31.1 Å². The van der Waals surface area contributed by atoms with E-state index < -0.39 is 0 Å². The predicted molar refractivity (Wildman–Crippen MR) is 85.8 cm³/mol. The van der Waals surface area contributed by atoms with Crippen LogP contribution in [0.25, 0.3) is 0 Å². The number of halogens is 2. The molecule has 1 heterocycles. The molecule has 1 N–H and O–H groups in total. The molecule has 4 heteroatoms. The van der Waals surface area contributed by atoms with Crippen LogP contribution in [0.2, 0.25) is 5.02 Å². The molecule has 2 rings (SSSR count). The van der Waals surface area contributed by atoms with Crippen molar-refractivity contribution >= 4 is 27.5 Å². The number of allylic oxidation sites excluding steroid dienone is 1. The van der Waals surface area contributed by atoms with Gasteiger partial charge in [-0.25, -0.2) is 0 Å². The fourth-order valence-corrected chi connectivity index (χ4v) is 3.52. The Hall–Kier alpha value is -0.350. The van der Waals surface area contributed by atoms with Crippen LogP contribution in [0.4, 0.5) is 0 Å². The van der Waals surface area contributed by atoms with Gasteiger partial charge >= 0.3 is 0 Å². The van der Waals surface area contributed by atoms with Gasteiger partial charge in [-0.2, -0.15) is 0 Å². The molecule has 1 aliphatic heterocycles. The van der Waals surface area contributed by atoms with Gasteiger partial charge in [0.2, 0.25) is 0 Å². The zero-order chi connectivity index (χ0) is 13.7. The van der Waals surface area contributed by atoms with Gasteiger partial charge in [-0.1, -0.05) is 39.7 Å². The minimum absolute atomic E-state index is 0.437. The highest BCUT2D eigenvalue weighted by molar-refractivity contribution is 9.10. The van der Waals surface area contributed by atoms with Gasteiger partial charge in [-0.05, 0) is 30.5 Å². The Kier molecular flexibility index (Phi) is 5.89. The summed E-state index contributed by atoms with van der Waals surface area (Å²) in [5.41, 5.74) is 1.33. The highest BCUT2D eigenvalue weighted by Crippen LogP contribution is 2.33. The van der Waals surface area contributed by atoms with Crippen LogP contribution in [0.5, 0.6) is 0 Å². The molecule has 0 amide bonds. The van der Waals surface area contributed by atoms with E-state index in [9.17, 15) is 0 Å². The van der Waals surface area contributed by atoms with Crippen LogP contribution in [0.15, 0.2) is 35.3 Å². The topological polar surface area (TPSA) is 15.3 Å². The molecular weight excluding hydrogens is 324 g/mol. The smallest absolute Gasteiger partial charge is 0.0417 e. The van der Waals surface area contributed by atoms with Crippen molar-refractivity contribution in [1.29, 1.82) is 0 Å². The van der Waals surface area contributed by atoms with Crippen molar-refractivity contribution in [3.8, 4) is 0 Å². The van der Waals surface area contributed by atoms with E-state index in [1.54, 1.807) is 0 Å². The van der Waals surface area contributed by atoms with Crippen LogP contribution >= 0.6 is 27.5 Å². The van der Waals surface area contributed by atoms with E-state index in [0.717, 1.165) is 48.5 Å². The summed E-state index contributed by atoms with van der Waals surface area (Å²) >= 11 is 9.70. The number of nitrogens with zero attached hydrogens (tertiary/aromatic N) is 1. The zero-order valence-electron chi connectivity index (χ0n) is 11.0. The number of hydrogen-bond acceptors (Lipinski definition) is 2. The van der Waals surface area contributed by atoms with Crippen LogP contribution in [0.3, 0.4) is 0 Å². The molecule has 1 atom stereocenters. The Morgan fingerprint density at radius 3 is 2.79 bits per heavy atom. The molecule has 1 fully saturated rings. The highest BCUT2D eigenvalue weighted by Gasteiger charge is 2.23. The van der Waals surface area contributed by atoms with Crippen molar-refractivity contribution in [3.63, 3.8) is 0 Å². The van der Waals surface area contributed by atoms with Crippen molar-refractivity contribution in [2.24, 2.45) is 0 Å². The van der Waals surface area contributed by atoms with Gasteiger partial charge in [-0.15, -0.1) is 6.58 Å². The first-order valence-corrected chi connectivity index (χ1v) is 7.90. The molecule has 1 aliphatic rings. The van der Waals surface area contributed by atoms with Gasteiger partial charge in [-0.3, -0.25) is 4.90 Å². The molecule has 0 radical (unpaired) electrons. The van der Waals surface area contributed by atoms with Gasteiger partial charge in [0.25, 0.3) is 0 Å². The number of benzene rings is 1. The molecule has 0 aromatic heterocycles. The van der Waals surface area contributed by atoms with Gasteiger partial charge in [0.15, 0.2) is 0 Å². The van der Waals surface area contributed by atoms with Crippen molar-refractivity contribution in [1.82, 2.24) is 10.2 Å². The lowest BCUT2D eigenvalue weighted by molar-refractivity contribution is 0.165. The number of piperazine rings is 1. The molecule has 1 aromatic rings. The average molecular weight is 344 g/mol. The number of rotatable bonds is 5. The maximum absolute atomic E-state index is 6.04. The molecule has 1 saturated heterocycles. The van der Waals surface area contributed by atoms with E-state index in [1.165, 1.54) is 5.56 Å². The molecule has 1 aromatic carbocycles. The Bertz CT molecular complexity index is 430. The second-order valence-corrected chi connectivity index (χ2v) is 6.12. The number of hydrogen-bond donors (Lipinski definition) is 1. The molecule has 0 spiro atoms. The zero-order valence-corrected chi connectivity index (χ0v) is 13.4. The second kappa shape index (κ2) is 7.44. The molecular formula is C15H20BrClN2. The monoisotopic (exact) mass is 342 g/mol. The molecule has 0 aliphatic carbocycles. The predicted octanol–water partition coefficient (Wildman–Crippen LogP) is 4.02. The third-order valence-electron chi connectivity index (χ3n) is 3.56. The molecule has 19 heavy (non-hydrogen) atoms. The highest BCUT2D eigenvalue weighted by atomic mass is 79.9. The van der Waals surface area contributed by atoms with E-state index in [-0.39, 0.29) is 0 Å². The van der Waals surface area contributed by atoms with Crippen LogP contribution < -0.4 is 5.32 Å². The third-order valence-corrected chi connectivity index (χ3v) is 4.48. The Balaban J connectivity index is 2.22. The molecule has 0 unspecified atom stereocenters. The maximum atomic E-state index is 6.04. The summed E-state index contributed by atoms with van der Waals surface area (Å²) in [5, 5.41) is 4.18. The normalized spacial score (nSPS) is 18.2. The molecule has 104 valence electrons. The lowest BCUT2D eigenvalue weighted by Crippen LogP contribution is -2.45. The minimum Gasteiger partial charge on any atom is -0.314 e. The Morgan fingerprint density at radius 1 is 1.42 bits per heavy atom. The SMILES string of the molecule is C=CCC[C@@H](c1ccc(Cl)cc1Br)N1CCNCC1. The lowest BCUT2D eigenvalue weighted by Gasteiger charge is -2.35. The van der Waals surface area contributed by atoms with Gasteiger partial charge in [0.05, 0.1) is 0 Å². The van der Waals surface area contributed by atoms with Crippen LogP contribution in [0, 0.1) is 0 Å². The fourth-order valence-electron chi connectivity index (χ4n) is 2.58.